The number of thioether (sulfide) groups is 1. The molecule has 2 aliphatic carbocycles. The number of aryl methyl sites for hydroxylation is 1. The van der Waals surface area contributed by atoms with E-state index < -0.39 is 0 Å². The monoisotopic (exact) mass is 478 g/mol. The van der Waals surface area contributed by atoms with Crippen LogP contribution in [0.25, 0.3) is 16.9 Å². The molecule has 0 unspecified atom stereocenters. The fraction of sp³-hybridized carbons (Fsp3) is 0.290. The molecule has 0 bridgehead atoms. The molecule has 1 aromatic heterocycles. The van der Waals surface area contributed by atoms with E-state index in [1.54, 1.807) is 11.8 Å². The van der Waals surface area contributed by atoms with Crippen LogP contribution in [-0.4, -0.2) is 9.55 Å². The van der Waals surface area contributed by atoms with E-state index in [-0.39, 0.29) is 11.0 Å². The van der Waals surface area contributed by atoms with E-state index in [1.165, 1.54) is 36.0 Å². The number of hydrogen-bond donors (Lipinski definition) is 0. The molecule has 0 saturated heterocycles. The third kappa shape index (κ3) is 4.04. The Morgan fingerprint density at radius 2 is 1.60 bits per heavy atom. The van der Waals surface area contributed by atoms with Crippen LogP contribution in [0.1, 0.15) is 54.4 Å². The average molecular weight is 479 g/mol. The second-order valence-electron chi connectivity index (χ2n) is 10.0. The largest absolute Gasteiger partial charge is 0.268 e. The van der Waals surface area contributed by atoms with Crippen LogP contribution in [0, 0.1) is 6.92 Å². The van der Waals surface area contributed by atoms with Gasteiger partial charge in [0, 0.05) is 16.7 Å². The fourth-order valence-corrected chi connectivity index (χ4v) is 6.89. The Labute approximate surface area is 211 Å². The third-order valence-corrected chi connectivity index (χ3v) is 8.71. The second-order valence-corrected chi connectivity index (χ2v) is 11.0. The first-order valence-electron chi connectivity index (χ1n) is 12.6. The van der Waals surface area contributed by atoms with Gasteiger partial charge in [0.15, 0.2) is 5.16 Å². The number of rotatable bonds is 4. The topological polar surface area (TPSA) is 34.9 Å². The highest BCUT2D eigenvalue weighted by atomic mass is 32.2. The molecule has 4 aromatic rings. The quantitative estimate of drug-likeness (QED) is 0.229. The van der Waals surface area contributed by atoms with Crippen molar-refractivity contribution in [2.24, 2.45) is 0 Å². The van der Waals surface area contributed by atoms with Gasteiger partial charge in [-0.25, -0.2) is 4.98 Å². The predicted molar refractivity (Wildman–Crippen MR) is 144 cm³/mol. The lowest BCUT2D eigenvalue weighted by molar-refractivity contribution is 0.283. The maximum atomic E-state index is 14.5. The molecule has 0 amide bonds. The highest BCUT2D eigenvalue weighted by Crippen LogP contribution is 2.49. The van der Waals surface area contributed by atoms with E-state index in [2.05, 4.69) is 79.7 Å². The van der Waals surface area contributed by atoms with Crippen LogP contribution in [0.4, 0.5) is 0 Å². The van der Waals surface area contributed by atoms with Crippen molar-refractivity contribution in [3.63, 3.8) is 0 Å². The maximum Gasteiger partial charge on any atom is 0.263 e. The Kier molecular flexibility index (Phi) is 5.85. The molecule has 1 saturated carbocycles. The van der Waals surface area contributed by atoms with Gasteiger partial charge in [-0.3, -0.25) is 9.36 Å². The van der Waals surface area contributed by atoms with Gasteiger partial charge >= 0.3 is 0 Å². The predicted octanol–water partition coefficient (Wildman–Crippen LogP) is 7.26. The van der Waals surface area contributed by atoms with Gasteiger partial charge in [0.25, 0.3) is 5.56 Å². The summed E-state index contributed by atoms with van der Waals surface area (Å²) in [4.78, 5) is 19.8. The van der Waals surface area contributed by atoms with Crippen LogP contribution < -0.4 is 5.56 Å². The van der Waals surface area contributed by atoms with Gasteiger partial charge in [-0.15, -0.1) is 0 Å². The Hall–Kier alpha value is -3.11. The highest BCUT2D eigenvalue weighted by molar-refractivity contribution is 7.98. The summed E-state index contributed by atoms with van der Waals surface area (Å²) in [6, 6.07) is 27.3. The molecule has 1 spiro atoms. The van der Waals surface area contributed by atoms with E-state index in [4.69, 9.17) is 4.98 Å². The van der Waals surface area contributed by atoms with Crippen molar-refractivity contribution >= 4 is 11.8 Å². The lowest BCUT2D eigenvalue weighted by atomic mass is 9.62. The molecule has 0 radical (unpaired) electrons. The van der Waals surface area contributed by atoms with Gasteiger partial charge in [-0.2, -0.15) is 0 Å². The molecule has 0 N–H and O–H groups in total. The smallest absolute Gasteiger partial charge is 0.263 e. The zero-order valence-corrected chi connectivity index (χ0v) is 21.0. The summed E-state index contributed by atoms with van der Waals surface area (Å²) in [6.45, 7) is 2.08. The number of nitrogens with zero attached hydrogens (tertiary/aromatic N) is 2. The molecule has 0 atom stereocenters. The molecule has 176 valence electrons. The summed E-state index contributed by atoms with van der Waals surface area (Å²) in [7, 11) is 0. The van der Waals surface area contributed by atoms with Gasteiger partial charge in [-0.05, 0) is 49.4 Å². The summed E-state index contributed by atoms with van der Waals surface area (Å²) in [6.07, 6.45) is 6.68. The number of hydrogen-bond acceptors (Lipinski definition) is 3. The van der Waals surface area contributed by atoms with Crippen molar-refractivity contribution in [3.8, 4) is 16.9 Å². The van der Waals surface area contributed by atoms with Crippen molar-refractivity contribution in [1.29, 1.82) is 0 Å². The summed E-state index contributed by atoms with van der Waals surface area (Å²) in [5, 5.41) is 0.768. The lowest BCUT2D eigenvalue weighted by Crippen LogP contribution is -2.42. The van der Waals surface area contributed by atoms with Crippen molar-refractivity contribution in [3.05, 3.63) is 111 Å². The summed E-state index contributed by atoms with van der Waals surface area (Å²) >= 11 is 1.65. The molecule has 0 aliphatic heterocycles. The van der Waals surface area contributed by atoms with E-state index in [1.807, 2.05) is 10.6 Å². The Balaban J connectivity index is 1.59. The minimum atomic E-state index is -0.110. The number of benzene rings is 3. The first-order chi connectivity index (χ1) is 17.1. The molecular weight excluding hydrogens is 448 g/mol. The fourth-order valence-electron chi connectivity index (χ4n) is 5.93. The van der Waals surface area contributed by atoms with Crippen LogP contribution in [0.15, 0.2) is 88.8 Å². The molecule has 4 heteroatoms. The minimum absolute atomic E-state index is 0.110. The van der Waals surface area contributed by atoms with E-state index in [0.29, 0.717) is 0 Å². The van der Waals surface area contributed by atoms with Gasteiger partial charge in [-0.1, -0.05) is 103 Å². The zero-order valence-electron chi connectivity index (χ0n) is 20.2. The summed E-state index contributed by atoms with van der Waals surface area (Å²) < 4.78 is 1.89. The standard InChI is InChI=1S/C31H30N2OS/c1-22-14-16-25(17-15-22)33-29(34)27-28(32-30(33)35-21-23-10-4-2-5-11-23)26-13-7-6-12-24(26)20-31(27)18-8-3-9-19-31/h2,4-7,10-17H,3,8-9,18-21H2,1H3. The number of fused-ring (bicyclic) bond motifs is 4. The van der Waals surface area contributed by atoms with Gasteiger partial charge < -0.3 is 0 Å². The summed E-state index contributed by atoms with van der Waals surface area (Å²) in [5.74, 6) is 0.769. The number of aromatic nitrogens is 2. The molecule has 35 heavy (non-hydrogen) atoms. The first kappa shape index (κ1) is 22.4. The van der Waals surface area contributed by atoms with Gasteiger partial charge in [0.05, 0.1) is 16.9 Å². The second kappa shape index (κ2) is 9.16. The Bertz CT molecular complexity index is 1420. The SMILES string of the molecule is Cc1ccc(-n2c(SCc3ccccc3)nc3c(c2=O)C2(CCCCC2)Cc2ccccc2-3)cc1. The van der Waals surface area contributed by atoms with Crippen molar-refractivity contribution in [1.82, 2.24) is 9.55 Å². The van der Waals surface area contributed by atoms with E-state index in [0.717, 1.165) is 52.7 Å². The van der Waals surface area contributed by atoms with Crippen LogP contribution >= 0.6 is 11.8 Å². The van der Waals surface area contributed by atoms with Gasteiger partial charge in [0.2, 0.25) is 0 Å². The van der Waals surface area contributed by atoms with Crippen LogP contribution in [0.5, 0.6) is 0 Å². The summed E-state index contributed by atoms with van der Waals surface area (Å²) in [5.41, 5.74) is 7.64. The molecule has 1 heterocycles. The average Bonchev–Trinajstić information content (AvgIpc) is 2.89. The Morgan fingerprint density at radius 3 is 2.37 bits per heavy atom. The van der Waals surface area contributed by atoms with Crippen molar-refractivity contribution < 1.29 is 0 Å². The molecule has 3 nitrogen and oxygen atoms in total. The van der Waals surface area contributed by atoms with Crippen LogP contribution in [0.2, 0.25) is 0 Å². The normalized spacial score (nSPS) is 16.0. The van der Waals surface area contributed by atoms with Crippen molar-refractivity contribution in [2.75, 3.05) is 0 Å². The highest BCUT2D eigenvalue weighted by Gasteiger charge is 2.43. The van der Waals surface area contributed by atoms with E-state index in [9.17, 15) is 4.79 Å². The molecular formula is C31H30N2OS. The Morgan fingerprint density at radius 1 is 0.886 bits per heavy atom. The van der Waals surface area contributed by atoms with Crippen LogP contribution in [-0.2, 0) is 17.6 Å². The van der Waals surface area contributed by atoms with Crippen molar-refractivity contribution in [2.45, 2.75) is 61.8 Å². The zero-order chi connectivity index (χ0) is 23.8. The van der Waals surface area contributed by atoms with E-state index >= 15 is 0 Å². The first-order valence-corrected chi connectivity index (χ1v) is 13.6. The third-order valence-electron chi connectivity index (χ3n) is 7.70. The van der Waals surface area contributed by atoms with Crippen LogP contribution in [0.3, 0.4) is 0 Å². The minimum Gasteiger partial charge on any atom is -0.268 e. The lowest BCUT2D eigenvalue weighted by Gasteiger charge is -2.42. The maximum absolute atomic E-state index is 14.5. The molecule has 2 aliphatic rings. The molecule has 1 fully saturated rings. The molecule has 3 aromatic carbocycles. The van der Waals surface area contributed by atoms with Gasteiger partial charge in [0.1, 0.15) is 0 Å². The molecule has 6 rings (SSSR count).